The molecule has 0 heterocycles. The molecule has 0 aliphatic heterocycles. The molecule has 2 N–H and O–H groups in total. The monoisotopic (exact) mass is 173 g/mol. The molecule has 1 aromatic rings. The lowest BCUT2D eigenvalue weighted by Gasteiger charge is -2.01. The van der Waals surface area contributed by atoms with Crippen molar-refractivity contribution in [1.29, 1.82) is 0 Å². The summed E-state index contributed by atoms with van der Waals surface area (Å²) in [4.78, 5) is 0. The standard InChI is InChI=1S/C6H4BClFO2/c8-5-3(7-11)1-2-4(9)6(5)10/h1-2,10-11H. The molecule has 5 heteroatoms. The molecular formula is C6H4BClFO2. The van der Waals surface area contributed by atoms with Gasteiger partial charge in [0, 0.05) is 0 Å². The van der Waals surface area contributed by atoms with Gasteiger partial charge in [0.05, 0.1) is 5.02 Å². The third-order valence-corrected chi connectivity index (χ3v) is 1.63. The number of rotatable bonds is 1. The fourth-order valence-electron chi connectivity index (χ4n) is 0.656. The minimum Gasteiger partial charge on any atom is -0.504 e. The van der Waals surface area contributed by atoms with E-state index in [1.807, 2.05) is 0 Å². The van der Waals surface area contributed by atoms with E-state index in [-0.39, 0.29) is 10.5 Å². The molecule has 2 nitrogen and oxygen atoms in total. The largest absolute Gasteiger partial charge is 0.504 e. The molecule has 0 saturated carbocycles. The molecule has 0 saturated heterocycles. The summed E-state index contributed by atoms with van der Waals surface area (Å²) < 4.78 is 12.5. The van der Waals surface area contributed by atoms with Gasteiger partial charge < -0.3 is 10.1 Å². The molecular weight excluding hydrogens is 169 g/mol. The van der Waals surface area contributed by atoms with E-state index in [0.29, 0.717) is 7.48 Å². The topological polar surface area (TPSA) is 40.5 Å². The fourth-order valence-corrected chi connectivity index (χ4v) is 0.858. The molecule has 0 fully saturated rings. The molecule has 0 aliphatic rings. The van der Waals surface area contributed by atoms with Crippen molar-refractivity contribution in [2.24, 2.45) is 0 Å². The second-order valence-corrected chi connectivity index (χ2v) is 2.31. The first-order valence-corrected chi connectivity index (χ1v) is 3.19. The van der Waals surface area contributed by atoms with Gasteiger partial charge in [-0.2, -0.15) is 0 Å². The molecule has 0 unspecified atom stereocenters. The third-order valence-electron chi connectivity index (χ3n) is 1.24. The zero-order valence-corrected chi connectivity index (χ0v) is 6.14. The summed E-state index contributed by atoms with van der Waals surface area (Å²) in [5.74, 6) is -1.45. The van der Waals surface area contributed by atoms with Gasteiger partial charge in [0.1, 0.15) is 0 Å². The predicted molar refractivity (Wildman–Crippen MR) is 40.7 cm³/mol. The molecule has 0 spiro atoms. The number of hydrogen-bond donors (Lipinski definition) is 2. The first kappa shape index (κ1) is 8.36. The van der Waals surface area contributed by atoms with E-state index in [4.69, 9.17) is 21.7 Å². The predicted octanol–water partition coefficient (Wildman–Crippen LogP) is 0.422. The number of hydrogen-bond acceptors (Lipinski definition) is 2. The average molecular weight is 173 g/mol. The van der Waals surface area contributed by atoms with Crippen molar-refractivity contribution < 1.29 is 14.5 Å². The van der Waals surface area contributed by atoms with Crippen LogP contribution in [-0.2, 0) is 0 Å². The fraction of sp³-hybridized carbons (Fsp3) is 0. The number of benzene rings is 1. The van der Waals surface area contributed by atoms with E-state index >= 15 is 0 Å². The number of aromatic hydroxyl groups is 1. The van der Waals surface area contributed by atoms with Crippen molar-refractivity contribution in [1.82, 2.24) is 0 Å². The molecule has 0 atom stereocenters. The maximum atomic E-state index is 12.5. The van der Waals surface area contributed by atoms with Crippen LogP contribution in [0.1, 0.15) is 0 Å². The number of halogens is 2. The average Bonchev–Trinajstić information content (AvgIpc) is 2.01. The number of phenolic OH excluding ortho intramolecular Hbond substituents is 1. The molecule has 57 valence electrons. The minimum atomic E-state index is -0.805. The lowest BCUT2D eigenvalue weighted by Crippen LogP contribution is -2.14. The summed E-state index contributed by atoms with van der Waals surface area (Å²) in [6.07, 6.45) is 0. The van der Waals surface area contributed by atoms with Gasteiger partial charge in [-0.25, -0.2) is 4.39 Å². The summed E-state index contributed by atoms with van der Waals surface area (Å²) in [5.41, 5.74) is 0.186. The minimum absolute atomic E-state index is 0.186. The van der Waals surface area contributed by atoms with Crippen molar-refractivity contribution in [3.05, 3.63) is 23.0 Å². The molecule has 11 heavy (non-hydrogen) atoms. The molecule has 1 aromatic carbocycles. The van der Waals surface area contributed by atoms with Gasteiger partial charge in [0.15, 0.2) is 11.6 Å². The highest BCUT2D eigenvalue weighted by Crippen LogP contribution is 2.23. The second-order valence-electron chi connectivity index (χ2n) is 1.93. The van der Waals surface area contributed by atoms with Gasteiger partial charge >= 0.3 is 7.48 Å². The van der Waals surface area contributed by atoms with Gasteiger partial charge in [-0.15, -0.1) is 0 Å². The van der Waals surface area contributed by atoms with E-state index in [2.05, 4.69) is 0 Å². The van der Waals surface area contributed by atoms with Gasteiger partial charge in [-0.3, -0.25) is 0 Å². The van der Waals surface area contributed by atoms with Crippen LogP contribution >= 0.6 is 11.6 Å². The van der Waals surface area contributed by atoms with Crippen LogP contribution in [-0.4, -0.2) is 17.6 Å². The normalized spacial score (nSPS) is 9.73. The Morgan fingerprint density at radius 2 is 2.09 bits per heavy atom. The maximum Gasteiger partial charge on any atom is 0.328 e. The molecule has 1 rings (SSSR count). The van der Waals surface area contributed by atoms with Crippen molar-refractivity contribution >= 4 is 24.5 Å². The Labute approximate surface area is 68.5 Å². The van der Waals surface area contributed by atoms with Crippen LogP contribution in [0.2, 0.25) is 5.02 Å². The molecule has 0 aliphatic carbocycles. The van der Waals surface area contributed by atoms with Crippen LogP contribution in [0.15, 0.2) is 12.1 Å². The lowest BCUT2D eigenvalue weighted by molar-refractivity contribution is 0.433. The first-order valence-electron chi connectivity index (χ1n) is 2.81. The van der Waals surface area contributed by atoms with Crippen molar-refractivity contribution in [2.75, 3.05) is 0 Å². The lowest BCUT2D eigenvalue weighted by atomic mass is 9.88. The Hall–Kier alpha value is -0.735. The van der Waals surface area contributed by atoms with Crippen LogP contribution in [0.3, 0.4) is 0 Å². The van der Waals surface area contributed by atoms with E-state index in [1.165, 1.54) is 6.07 Å². The molecule has 0 aromatic heterocycles. The summed E-state index contributed by atoms with van der Waals surface area (Å²) in [6, 6.07) is 2.28. The SMILES string of the molecule is O[B]c1ccc(F)c(O)c1Cl. The van der Waals surface area contributed by atoms with E-state index in [9.17, 15) is 4.39 Å². The van der Waals surface area contributed by atoms with Crippen LogP contribution in [0.4, 0.5) is 4.39 Å². The Balaban J connectivity index is 3.25. The Kier molecular flexibility index (Phi) is 2.36. The Morgan fingerprint density at radius 3 is 2.64 bits per heavy atom. The van der Waals surface area contributed by atoms with E-state index < -0.39 is 11.6 Å². The molecule has 1 radical (unpaired) electrons. The van der Waals surface area contributed by atoms with Crippen molar-refractivity contribution in [2.45, 2.75) is 0 Å². The summed E-state index contributed by atoms with van der Waals surface area (Å²) in [7, 11) is 0.696. The zero-order chi connectivity index (χ0) is 8.43. The molecule has 0 amide bonds. The zero-order valence-electron chi connectivity index (χ0n) is 5.38. The summed E-state index contributed by atoms with van der Waals surface area (Å²) >= 11 is 5.42. The van der Waals surface area contributed by atoms with Gasteiger partial charge in [-0.1, -0.05) is 17.7 Å². The van der Waals surface area contributed by atoms with E-state index in [0.717, 1.165) is 6.07 Å². The molecule has 0 bridgehead atoms. The van der Waals surface area contributed by atoms with Crippen LogP contribution in [0.5, 0.6) is 5.75 Å². The van der Waals surface area contributed by atoms with Gasteiger partial charge in [0.25, 0.3) is 0 Å². The number of phenols is 1. The first-order chi connectivity index (χ1) is 5.16. The van der Waals surface area contributed by atoms with Crippen LogP contribution < -0.4 is 5.46 Å². The van der Waals surface area contributed by atoms with E-state index in [1.54, 1.807) is 0 Å². The summed E-state index contributed by atoms with van der Waals surface area (Å²) in [5, 5.41) is 17.2. The Morgan fingerprint density at radius 1 is 1.45 bits per heavy atom. The maximum absolute atomic E-state index is 12.5. The quantitative estimate of drug-likeness (QED) is 0.604. The van der Waals surface area contributed by atoms with Gasteiger partial charge in [-0.05, 0) is 11.5 Å². The third kappa shape index (κ3) is 1.47. The Bertz CT molecular complexity index is 280. The van der Waals surface area contributed by atoms with Crippen LogP contribution in [0, 0.1) is 5.82 Å². The van der Waals surface area contributed by atoms with Crippen molar-refractivity contribution in [3.63, 3.8) is 0 Å². The van der Waals surface area contributed by atoms with Gasteiger partial charge in [0.2, 0.25) is 0 Å². The van der Waals surface area contributed by atoms with Crippen LogP contribution in [0.25, 0.3) is 0 Å². The highest BCUT2D eigenvalue weighted by atomic mass is 35.5. The summed E-state index contributed by atoms with van der Waals surface area (Å²) in [6.45, 7) is 0. The van der Waals surface area contributed by atoms with Crippen molar-refractivity contribution in [3.8, 4) is 5.75 Å². The second kappa shape index (κ2) is 3.11. The highest BCUT2D eigenvalue weighted by Gasteiger charge is 2.09. The highest BCUT2D eigenvalue weighted by molar-refractivity contribution is 6.53. The smallest absolute Gasteiger partial charge is 0.328 e.